The molecular formula is C15H16N2O3. The van der Waals surface area contributed by atoms with E-state index >= 15 is 0 Å². The van der Waals surface area contributed by atoms with Gasteiger partial charge in [0, 0.05) is 12.5 Å². The molecule has 104 valence electrons. The Morgan fingerprint density at radius 2 is 2.30 bits per heavy atom. The number of aryl methyl sites for hydroxylation is 1. The third-order valence-corrected chi connectivity index (χ3v) is 3.54. The highest BCUT2D eigenvalue weighted by Crippen LogP contribution is 2.27. The molecule has 0 bridgehead atoms. The Bertz CT molecular complexity index is 688. The third kappa shape index (κ3) is 2.32. The number of H-pyrrole nitrogens is 1. The first kappa shape index (κ1) is 12.9. The predicted octanol–water partition coefficient (Wildman–Crippen LogP) is 1.95. The van der Waals surface area contributed by atoms with Gasteiger partial charge in [0.25, 0.3) is 5.56 Å². The summed E-state index contributed by atoms with van der Waals surface area (Å²) in [7, 11) is 0. The SMILES string of the molecule is Cc1cccc(-c2c(O)nc(C3CCOC3)[nH]c2=O)c1. The fraction of sp³-hybridized carbons (Fsp3) is 0.333. The Labute approximate surface area is 116 Å². The summed E-state index contributed by atoms with van der Waals surface area (Å²) in [5, 5.41) is 10.1. The van der Waals surface area contributed by atoms with E-state index in [1.54, 1.807) is 6.07 Å². The van der Waals surface area contributed by atoms with Crippen LogP contribution in [-0.4, -0.2) is 28.3 Å². The van der Waals surface area contributed by atoms with Gasteiger partial charge in [-0.2, -0.15) is 4.98 Å². The zero-order valence-electron chi connectivity index (χ0n) is 11.2. The molecule has 0 amide bonds. The van der Waals surface area contributed by atoms with E-state index in [0.717, 1.165) is 12.0 Å². The molecular weight excluding hydrogens is 256 g/mol. The number of aromatic nitrogens is 2. The number of hydrogen-bond acceptors (Lipinski definition) is 4. The zero-order chi connectivity index (χ0) is 14.1. The van der Waals surface area contributed by atoms with Crippen LogP contribution in [0.2, 0.25) is 0 Å². The monoisotopic (exact) mass is 272 g/mol. The van der Waals surface area contributed by atoms with Crippen molar-refractivity contribution in [1.82, 2.24) is 9.97 Å². The Morgan fingerprint density at radius 1 is 1.45 bits per heavy atom. The van der Waals surface area contributed by atoms with Crippen LogP contribution >= 0.6 is 0 Å². The highest BCUT2D eigenvalue weighted by molar-refractivity contribution is 5.67. The van der Waals surface area contributed by atoms with Crippen molar-refractivity contribution in [1.29, 1.82) is 0 Å². The summed E-state index contributed by atoms with van der Waals surface area (Å²) in [5.41, 5.74) is 1.60. The van der Waals surface area contributed by atoms with Gasteiger partial charge in [-0.1, -0.05) is 29.8 Å². The number of nitrogens with one attached hydrogen (secondary N) is 1. The minimum absolute atomic E-state index is 0.0557. The fourth-order valence-corrected chi connectivity index (χ4v) is 2.48. The Balaban J connectivity index is 2.07. The molecule has 3 rings (SSSR count). The van der Waals surface area contributed by atoms with Crippen LogP contribution in [0.25, 0.3) is 11.1 Å². The van der Waals surface area contributed by atoms with Gasteiger partial charge in [0.2, 0.25) is 5.88 Å². The minimum Gasteiger partial charge on any atom is -0.493 e. The van der Waals surface area contributed by atoms with Crippen LogP contribution in [0.15, 0.2) is 29.1 Å². The summed E-state index contributed by atoms with van der Waals surface area (Å²) in [6, 6.07) is 7.43. The number of hydrogen-bond donors (Lipinski definition) is 2. The van der Waals surface area contributed by atoms with Gasteiger partial charge in [-0.05, 0) is 18.9 Å². The van der Waals surface area contributed by atoms with E-state index in [1.165, 1.54) is 0 Å². The lowest BCUT2D eigenvalue weighted by Gasteiger charge is -2.10. The van der Waals surface area contributed by atoms with Crippen molar-refractivity contribution in [2.75, 3.05) is 13.2 Å². The number of nitrogens with zero attached hydrogens (tertiary/aromatic N) is 1. The summed E-state index contributed by atoms with van der Waals surface area (Å²) in [4.78, 5) is 19.1. The summed E-state index contributed by atoms with van der Waals surface area (Å²) in [6.45, 7) is 3.13. The lowest BCUT2D eigenvalue weighted by molar-refractivity contribution is 0.193. The second-order valence-electron chi connectivity index (χ2n) is 5.08. The molecule has 1 fully saturated rings. The van der Waals surface area contributed by atoms with Crippen molar-refractivity contribution < 1.29 is 9.84 Å². The molecule has 0 radical (unpaired) electrons. The maximum absolute atomic E-state index is 12.2. The predicted molar refractivity (Wildman–Crippen MR) is 74.9 cm³/mol. The Morgan fingerprint density at radius 3 is 2.95 bits per heavy atom. The summed E-state index contributed by atoms with van der Waals surface area (Å²) < 4.78 is 5.28. The van der Waals surface area contributed by atoms with E-state index in [2.05, 4.69) is 9.97 Å². The molecule has 0 saturated carbocycles. The lowest BCUT2D eigenvalue weighted by Crippen LogP contribution is -2.16. The van der Waals surface area contributed by atoms with E-state index in [4.69, 9.17) is 4.74 Å². The zero-order valence-corrected chi connectivity index (χ0v) is 11.2. The van der Waals surface area contributed by atoms with Gasteiger partial charge in [0.15, 0.2) is 0 Å². The molecule has 20 heavy (non-hydrogen) atoms. The van der Waals surface area contributed by atoms with Gasteiger partial charge in [0.05, 0.1) is 6.61 Å². The average Bonchev–Trinajstić information content (AvgIpc) is 2.91. The van der Waals surface area contributed by atoms with E-state index in [0.29, 0.717) is 24.6 Å². The van der Waals surface area contributed by atoms with Crippen molar-refractivity contribution in [3.8, 4) is 17.0 Å². The molecule has 5 nitrogen and oxygen atoms in total. The maximum atomic E-state index is 12.2. The maximum Gasteiger partial charge on any atom is 0.262 e. The van der Waals surface area contributed by atoms with Gasteiger partial charge in [-0.3, -0.25) is 4.79 Å². The summed E-state index contributed by atoms with van der Waals surface area (Å²) >= 11 is 0. The van der Waals surface area contributed by atoms with E-state index in [1.807, 2.05) is 25.1 Å². The first-order valence-electron chi connectivity index (χ1n) is 6.63. The summed E-state index contributed by atoms with van der Waals surface area (Å²) in [5.74, 6) is 0.336. The van der Waals surface area contributed by atoms with E-state index in [-0.39, 0.29) is 22.9 Å². The molecule has 1 aromatic heterocycles. The first-order valence-corrected chi connectivity index (χ1v) is 6.63. The second-order valence-corrected chi connectivity index (χ2v) is 5.08. The quantitative estimate of drug-likeness (QED) is 0.876. The standard InChI is InChI=1S/C15H16N2O3/c1-9-3-2-4-10(7-9)12-14(18)16-13(17-15(12)19)11-5-6-20-8-11/h2-4,7,11H,5-6,8H2,1H3,(H2,16,17,18,19). The number of aromatic amines is 1. The first-order chi connectivity index (χ1) is 9.65. The molecule has 1 aromatic carbocycles. The van der Waals surface area contributed by atoms with Crippen LogP contribution in [0.4, 0.5) is 0 Å². The molecule has 1 unspecified atom stereocenters. The van der Waals surface area contributed by atoms with E-state index < -0.39 is 0 Å². The van der Waals surface area contributed by atoms with Crippen LogP contribution in [0.5, 0.6) is 5.88 Å². The molecule has 2 aromatic rings. The van der Waals surface area contributed by atoms with Crippen LogP contribution < -0.4 is 5.56 Å². The van der Waals surface area contributed by atoms with Gasteiger partial charge in [-0.25, -0.2) is 0 Å². The van der Waals surface area contributed by atoms with Crippen molar-refractivity contribution in [3.63, 3.8) is 0 Å². The molecule has 0 aliphatic carbocycles. The van der Waals surface area contributed by atoms with Crippen molar-refractivity contribution in [2.24, 2.45) is 0 Å². The number of rotatable bonds is 2. The molecule has 5 heteroatoms. The minimum atomic E-state index is -0.315. The van der Waals surface area contributed by atoms with Crippen LogP contribution in [0, 0.1) is 6.92 Å². The Kier molecular flexibility index (Phi) is 3.28. The van der Waals surface area contributed by atoms with Crippen molar-refractivity contribution in [3.05, 3.63) is 46.0 Å². The molecule has 1 aliphatic rings. The number of ether oxygens (including phenoxy) is 1. The number of aromatic hydroxyl groups is 1. The smallest absolute Gasteiger partial charge is 0.262 e. The van der Waals surface area contributed by atoms with Crippen LogP contribution in [-0.2, 0) is 4.74 Å². The van der Waals surface area contributed by atoms with Crippen LogP contribution in [0.3, 0.4) is 0 Å². The van der Waals surface area contributed by atoms with Crippen molar-refractivity contribution in [2.45, 2.75) is 19.3 Å². The summed E-state index contributed by atoms with van der Waals surface area (Å²) in [6.07, 6.45) is 0.812. The van der Waals surface area contributed by atoms with Gasteiger partial charge in [0.1, 0.15) is 11.4 Å². The largest absolute Gasteiger partial charge is 0.493 e. The second kappa shape index (κ2) is 5.09. The average molecular weight is 272 g/mol. The van der Waals surface area contributed by atoms with Gasteiger partial charge >= 0.3 is 0 Å². The van der Waals surface area contributed by atoms with Crippen molar-refractivity contribution >= 4 is 0 Å². The van der Waals surface area contributed by atoms with E-state index in [9.17, 15) is 9.90 Å². The Hall–Kier alpha value is -2.14. The van der Waals surface area contributed by atoms with Gasteiger partial charge in [-0.15, -0.1) is 0 Å². The van der Waals surface area contributed by atoms with Gasteiger partial charge < -0.3 is 14.8 Å². The van der Waals surface area contributed by atoms with Crippen LogP contribution in [0.1, 0.15) is 23.7 Å². The molecule has 1 aliphatic heterocycles. The number of benzene rings is 1. The lowest BCUT2D eigenvalue weighted by atomic mass is 10.0. The molecule has 1 saturated heterocycles. The fourth-order valence-electron chi connectivity index (χ4n) is 2.48. The molecule has 2 heterocycles. The normalized spacial score (nSPS) is 18.4. The molecule has 1 atom stereocenters. The highest BCUT2D eigenvalue weighted by atomic mass is 16.5. The topological polar surface area (TPSA) is 75.2 Å². The highest BCUT2D eigenvalue weighted by Gasteiger charge is 2.22. The molecule has 0 spiro atoms. The molecule has 2 N–H and O–H groups in total. The third-order valence-electron chi connectivity index (χ3n) is 3.54.